The number of halogens is 1. The number of nitrogens with zero attached hydrogens (tertiary/aromatic N) is 1. The molecule has 0 aromatic carbocycles. The van der Waals surface area contributed by atoms with Gasteiger partial charge in [-0.1, -0.05) is 18.5 Å². The molecular formula is C12H14ClN3O2S2. The predicted molar refractivity (Wildman–Crippen MR) is 81.8 cm³/mol. The Morgan fingerprint density at radius 2 is 2.25 bits per heavy atom. The number of aromatic nitrogens is 1. The van der Waals surface area contributed by atoms with Crippen molar-refractivity contribution in [2.24, 2.45) is 0 Å². The number of hydrogen-bond donors (Lipinski definition) is 2. The van der Waals surface area contributed by atoms with Gasteiger partial charge in [-0.3, -0.25) is 4.72 Å². The van der Waals surface area contributed by atoms with Gasteiger partial charge in [-0.25, -0.2) is 13.4 Å². The van der Waals surface area contributed by atoms with Crippen LogP contribution in [0, 0.1) is 0 Å². The van der Waals surface area contributed by atoms with E-state index in [0.29, 0.717) is 6.54 Å². The molecular weight excluding hydrogens is 318 g/mol. The van der Waals surface area contributed by atoms with E-state index in [9.17, 15) is 8.42 Å². The molecule has 5 nitrogen and oxygen atoms in total. The highest BCUT2D eigenvalue weighted by Gasteiger charge is 2.18. The maximum Gasteiger partial charge on any atom is 0.263 e. The third-order valence-corrected chi connectivity index (χ3v) is 5.19. The molecule has 8 heteroatoms. The molecule has 0 aliphatic heterocycles. The highest BCUT2D eigenvalue weighted by molar-refractivity contribution is 7.92. The Labute approximate surface area is 127 Å². The summed E-state index contributed by atoms with van der Waals surface area (Å²) in [6.07, 6.45) is 1.48. The molecule has 0 atom stereocenters. The average molecular weight is 332 g/mol. The van der Waals surface area contributed by atoms with Crippen molar-refractivity contribution >= 4 is 38.8 Å². The Bertz CT molecular complexity index is 686. The zero-order valence-corrected chi connectivity index (χ0v) is 13.1. The van der Waals surface area contributed by atoms with Gasteiger partial charge in [0, 0.05) is 23.0 Å². The molecule has 0 aliphatic carbocycles. The SMILES string of the molecule is CCNCc1cc(S(=O)(=O)Nc2ncccc2Cl)cs1. The van der Waals surface area contributed by atoms with Crippen LogP contribution in [0.4, 0.5) is 5.82 Å². The molecule has 0 spiro atoms. The summed E-state index contributed by atoms with van der Waals surface area (Å²) in [7, 11) is -3.65. The van der Waals surface area contributed by atoms with E-state index in [1.54, 1.807) is 23.6 Å². The number of pyridine rings is 1. The van der Waals surface area contributed by atoms with Gasteiger partial charge in [0.2, 0.25) is 0 Å². The number of rotatable bonds is 6. The summed E-state index contributed by atoms with van der Waals surface area (Å²) in [6, 6.07) is 4.86. The van der Waals surface area contributed by atoms with Gasteiger partial charge in [-0.2, -0.15) is 0 Å². The van der Waals surface area contributed by atoms with Crippen LogP contribution in [0.5, 0.6) is 0 Å². The third-order valence-electron chi connectivity index (χ3n) is 2.48. The molecule has 2 N–H and O–H groups in total. The standard InChI is InChI=1S/C12H14ClN3O2S2/c1-2-14-7-9-6-10(8-19-9)20(17,18)16-12-11(13)4-3-5-15-12/h3-6,8,14H,2,7H2,1H3,(H,15,16). The summed E-state index contributed by atoms with van der Waals surface area (Å²) < 4.78 is 26.8. The topological polar surface area (TPSA) is 71.1 Å². The van der Waals surface area contributed by atoms with Crippen LogP contribution in [0.25, 0.3) is 0 Å². The molecule has 2 aromatic heterocycles. The van der Waals surface area contributed by atoms with Gasteiger partial charge < -0.3 is 5.32 Å². The highest BCUT2D eigenvalue weighted by atomic mass is 35.5. The molecule has 0 fully saturated rings. The molecule has 20 heavy (non-hydrogen) atoms. The summed E-state index contributed by atoms with van der Waals surface area (Å²) in [5.74, 6) is 0.133. The summed E-state index contributed by atoms with van der Waals surface area (Å²) in [5.41, 5.74) is 0. The Morgan fingerprint density at radius 3 is 2.95 bits per heavy atom. The Balaban J connectivity index is 2.18. The van der Waals surface area contributed by atoms with Crippen LogP contribution in [0.3, 0.4) is 0 Å². The Morgan fingerprint density at radius 1 is 1.45 bits per heavy atom. The van der Waals surface area contributed by atoms with Crippen LogP contribution >= 0.6 is 22.9 Å². The normalized spacial score (nSPS) is 11.5. The number of anilines is 1. The maximum atomic E-state index is 12.2. The fraction of sp³-hybridized carbons (Fsp3) is 0.250. The van der Waals surface area contributed by atoms with Crippen LogP contribution in [-0.4, -0.2) is 19.9 Å². The summed E-state index contributed by atoms with van der Waals surface area (Å²) in [6.45, 7) is 3.48. The fourth-order valence-electron chi connectivity index (χ4n) is 1.49. The van der Waals surface area contributed by atoms with E-state index in [0.717, 1.165) is 11.4 Å². The van der Waals surface area contributed by atoms with Crippen molar-refractivity contribution in [1.82, 2.24) is 10.3 Å². The van der Waals surface area contributed by atoms with E-state index in [2.05, 4.69) is 15.0 Å². The van der Waals surface area contributed by atoms with E-state index in [1.807, 2.05) is 6.92 Å². The molecule has 0 unspecified atom stereocenters. The summed E-state index contributed by atoms with van der Waals surface area (Å²) >= 11 is 7.29. The van der Waals surface area contributed by atoms with Crippen molar-refractivity contribution in [2.45, 2.75) is 18.4 Å². The van der Waals surface area contributed by atoms with Crippen LogP contribution in [-0.2, 0) is 16.6 Å². The summed E-state index contributed by atoms with van der Waals surface area (Å²) in [4.78, 5) is 5.09. The lowest BCUT2D eigenvalue weighted by molar-refractivity contribution is 0.601. The lowest BCUT2D eigenvalue weighted by Gasteiger charge is -2.06. The monoisotopic (exact) mass is 331 g/mol. The number of nitrogens with one attached hydrogen (secondary N) is 2. The molecule has 0 aliphatic rings. The van der Waals surface area contributed by atoms with Crippen molar-refractivity contribution in [3.63, 3.8) is 0 Å². The Hall–Kier alpha value is -1.15. The quantitative estimate of drug-likeness (QED) is 0.853. The zero-order chi connectivity index (χ0) is 14.6. The van der Waals surface area contributed by atoms with E-state index < -0.39 is 10.0 Å². The van der Waals surface area contributed by atoms with Crippen LogP contribution in [0.2, 0.25) is 5.02 Å². The first kappa shape index (κ1) is 15.2. The third kappa shape index (κ3) is 3.69. The number of thiophene rings is 1. The minimum Gasteiger partial charge on any atom is -0.312 e. The molecule has 2 rings (SSSR count). The van der Waals surface area contributed by atoms with Gasteiger partial charge >= 0.3 is 0 Å². The minimum atomic E-state index is -3.65. The zero-order valence-electron chi connectivity index (χ0n) is 10.8. The van der Waals surface area contributed by atoms with Gasteiger partial charge in [-0.05, 0) is 24.7 Å². The molecule has 108 valence electrons. The van der Waals surface area contributed by atoms with Gasteiger partial charge in [0.1, 0.15) is 0 Å². The number of hydrogen-bond acceptors (Lipinski definition) is 5. The first-order chi connectivity index (χ1) is 9.53. The Kier molecular flexibility index (Phi) is 4.98. The molecule has 2 heterocycles. The lowest BCUT2D eigenvalue weighted by Crippen LogP contribution is -2.14. The fourth-order valence-corrected chi connectivity index (χ4v) is 3.99. The second-order valence-corrected chi connectivity index (χ2v) is 7.05. The number of sulfonamides is 1. The molecule has 0 saturated carbocycles. The van der Waals surface area contributed by atoms with E-state index >= 15 is 0 Å². The second kappa shape index (κ2) is 6.53. The second-order valence-electron chi connectivity index (χ2n) is 3.97. The molecule has 0 bridgehead atoms. The average Bonchev–Trinajstić information content (AvgIpc) is 2.88. The van der Waals surface area contributed by atoms with Crippen LogP contribution in [0.15, 0.2) is 34.7 Å². The maximum absolute atomic E-state index is 12.2. The van der Waals surface area contributed by atoms with Crippen LogP contribution in [0.1, 0.15) is 11.8 Å². The largest absolute Gasteiger partial charge is 0.312 e. The van der Waals surface area contributed by atoms with Gasteiger partial charge in [0.15, 0.2) is 5.82 Å². The van der Waals surface area contributed by atoms with Gasteiger partial charge in [0.25, 0.3) is 10.0 Å². The van der Waals surface area contributed by atoms with E-state index in [1.165, 1.54) is 17.5 Å². The first-order valence-electron chi connectivity index (χ1n) is 5.94. The minimum absolute atomic E-state index is 0.133. The van der Waals surface area contributed by atoms with Crippen molar-refractivity contribution in [3.05, 3.63) is 39.7 Å². The van der Waals surface area contributed by atoms with Gasteiger partial charge in [-0.15, -0.1) is 11.3 Å². The molecule has 2 aromatic rings. The first-order valence-corrected chi connectivity index (χ1v) is 8.68. The molecule has 0 saturated heterocycles. The van der Waals surface area contributed by atoms with Gasteiger partial charge in [0.05, 0.1) is 9.92 Å². The van der Waals surface area contributed by atoms with Crippen molar-refractivity contribution in [2.75, 3.05) is 11.3 Å². The van der Waals surface area contributed by atoms with E-state index in [4.69, 9.17) is 11.6 Å². The summed E-state index contributed by atoms with van der Waals surface area (Å²) in [5, 5.41) is 5.02. The van der Waals surface area contributed by atoms with E-state index in [-0.39, 0.29) is 15.7 Å². The lowest BCUT2D eigenvalue weighted by atomic mass is 10.4. The van der Waals surface area contributed by atoms with Crippen molar-refractivity contribution < 1.29 is 8.42 Å². The van der Waals surface area contributed by atoms with Crippen LogP contribution < -0.4 is 10.0 Å². The smallest absolute Gasteiger partial charge is 0.263 e. The predicted octanol–water partition coefficient (Wildman–Crippen LogP) is 2.71. The highest BCUT2D eigenvalue weighted by Crippen LogP contribution is 2.24. The van der Waals surface area contributed by atoms with Crippen molar-refractivity contribution in [3.8, 4) is 0 Å². The van der Waals surface area contributed by atoms with Crippen molar-refractivity contribution in [1.29, 1.82) is 0 Å². The molecule has 0 amide bonds. The molecule has 0 radical (unpaired) electrons.